The quantitative estimate of drug-likeness (QED) is 0.561. The molecule has 1 atom stereocenters. The van der Waals surface area contributed by atoms with Gasteiger partial charge in [0.15, 0.2) is 0 Å². The van der Waals surface area contributed by atoms with Gasteiger partial charge in [-0.15, -0.1) is 0 Å². The minimum Gasteiger partial charge on any atom is -0.294 e. The molecule has 0 rings (SSSR count). The fourth-order valence-electron chi connectivity index (χ4n) is 0.949. The van der Waals surface area contributed by atoms with E-state index in [1.54, 1.807) is 0 Å². The van der Waals surface area contributed by atoms with Gasteiger partial charge in [-0.3, -0.25) is 4.52 Å². The summed E-state index contributed by atoms with van der Waals surface area (Å²) in [6, 6.07) is 0. The van der Waals surface area contributed by atoms with Gasteiger partial charge in [0, 0.05) is 0 Å². The van der Waals surface area contributed by atoms with E-state index >= 15 is 0 Å². The predicted octanol–water partition coefficient (Wildman–Crippen LogP) is 3.04. The Morgan fingerprint density at radius 3 is 2.60 bits per heavy atom. The van der Waals surface area contributed by atoms with Crippen LogP contribution in [0.4, 0.5) is 0 Å². The van der Waals surface area contributed by atoms with Crippen molar-refractivity contribution >= 4 is 8.69 Å². The third-order valence-electron chi connectivity index (χ3n) is 1.64. The summed E-state index contributed by atoms with van der Waals surface area (Å²) in [5, 5.41) is 0. The molecule has 1 unspecified atom stereocenters. The first-order valence-electron chi connectivity index (χ1n) is 3.79. The van der Waals surface area contributed by atoms with Crippen LogP contribution in [-0.4, -0.2) is 6.61 Å². The summed E-state index contributed by atoms with van der Waals surface area (Å²) in [6.07, 6.45) is 3.47. The van der Waals surface area contributed by atoms with Crippen molar-refractivity contribution in [2.75, 3.05) is 6.61 Å². The lowest BCUT2D eigenvalue weighted by Crippen LogP contribution is -2.04. The average molecular weight is 162 g/mol. The zero-order chi connectivity index (χ0) is 7.82. The molecule has 0 N–H and O–H groups in total. The van der Waals surface area contributed by atoms with Crippen LogP contribution in [0.2, 0.25) is 0 Å². The Kier molecular flexibility index (Phi) is 7.21. The molecular formula is C7H15O2P. The molecule has 3 heteroatoms. The van der Waals surface area contributed by atoms with Gasteiger partial charge in [-0.25, -0.2) is 4.57 Å². The lowest BCUT2D eigenvalue weighted by Gasteiger charge is -2.09. The van der Waals surface area contributed by atoms with Crippen LogP contribution >= 0.6 is 8.69 Å². The molecule has 0 aliphatic heterocycles. The maximum atomic E-state index is 9.90. The Bertz CT molecular complexity index is 85.7. The van der Waals surface area contributed by atoms with Crippen molar-refractivity contribution in [3.63, 3.8) is 0 Å². The summed E-state index contributed by atoms with van der Waals surface area (Å²) >= 11 is 0. The van der Waals surface area contributed by atoms with Crippen molar-refractivity contribution in [1.29, 1.82) is 0 Å². The number of hydrogen-bond donors (Lipinski definition) is 0. The summed E-state index contributed by atoms with van der Waals surface area (Å²) in [6.45, 7) is 4.92. The summed E-state index contributed by atoms with van der Waals surface area (Å²) < 4.78 is 14.7. The second-order valence-electron chi connectivity index (χ2n) is 2.43. The zero-order valence-corrected chi connectivity index (χ0v) is 7.56. The van der Waals surface area contributed by atoms with Gasteiger partial charge < -0.3 is 0 Å². The second kappa shape index (κ2) is 7.17. The molecule has 0 amide bonds. The molecule has 0 aromatic rings. The Balaban J connectivity index is 3.29. The first-order valence-corrected chi connectivity index (χ1v) is 4.52. The topological polar surface area (TPSA) is 26.3 Å². The van der Waals surface area contributed by atoms with Crippen LogP contribution < -0.4 is 0 Å². The van der Waals surface area contributed by atoms with E-state index < -0.39 is 0 Å². The molecule has 0 aliphatic carbocycles. The number of rotatable bonds is 6. The van der Waals surface area contributed by atoms with Gasteiger partial charge in [-0.1, -0.05) is 26.7 Å². The van der Waals surface area contributed by atoms with Gasteiger partial charge in [0.1, 0.15) is 0 Å². The Morgan fingerprint density at radius 2 is 2.20 bits per heavy atom. The highest BCUT2D eigenvalue weighted by Gasteiger charge is 2.03. The van der Waals surface area contributed by atoms with Gasteiger partial charge in [-0.2, -0.15) is 0 Å². The van der Waals surface area contributed by atoms with E-state index in [4.69, 9.17) is 4.52 Å². The number of hydrogen-bond acceptors (Lipinski definition) is 2. The van der Waals surface area contributed by atoms with E-state index in [1.165, 1.54) is 12.8 Å². The molecule has 0 saturated carbocycles. The third-order valence-corrected chi connectivity index (χ3v) is 1.89. The van der Waals surface area contributed by atoms with Crippen molar-refractivity contribution < 1.29 is 9.09 Å². The maximum absolute atomic E-state index is 9.90. The van der Waals surface area contributed by atoms with Crippen LogP contribution in [0.15, 0.2) is 0 Å². The molecule has 0 saturated heterocycles. The first kappa shape index (κ1) is 10.1. The lowest BCUT2D eigenvalue weighted by atomic mass is 10.0. The fourth-order valence-corrected chi connectivity index (χ4v) is 1.22. The minimum atomic E-state index is -0.185. The molecule has 0 aliphatic rings. The van der Waals surface area contributed by atoms with E-state index in [9.17, 15) is 4.57 Å². The molecule has 0 aromatic heterocycles. The largest absolute Gasteiger partial charge is 0.327 e. The Morgan fingerprint density at radius 1 is 1.50 bits per heavy atom. The summed E-state index contributed by atoms with van der Waals surface area (Å²) in [7, 11) is -0.185. The molecule has 0 aromatic carbocycles. The molecule has 0 fully saturated rings. The van der Waals surface area contributed by atoms with Crippen molar-refractivity contribution in [2.45, 2.75) is 33.1 Å². The predicted molar refractivity (Wildman–Crippen MR) is 42.2 cm³/mol. The first-order chi connectivity index (χ1) is 4.85. The van der Waals surface area contributed by atoms with Crippen molar-refractivity contribution in [3.05, 3.63) is 0 Å². The molecule has 0 bridgehead atoms. The summed E-state index contributed by atoms with van der Waals surface area (Å²) in [5.74, 6) is 0.589. The van der Waals surface area contributed by atoms with Gasteiger partial charge in [-0.05, 0) is 12.3 Å². The van der Waals surface area contributed by atoms with Crippen molar-refractivity contribution in [2.24, 2.45) is 5.92 Å². The molecule has 10 heavy (non-hydrogen) atoms. The average Bonchev–Trinajstić information content (AvgIpc) is 1.98. The second-order valence-corrected chi connectivity index (χ2v) is 2.84. The van der Waals surface area contributed by atoms with E-state index in [1.807, 2.05) is 0 Å². The van der Waals surface area contributed by atoms with E-state index in [2.05, 4.69) is 13.8 Å². The van der Waals surface area contributed by atoms with Crippen LogP contribution in [0.3, 0.4) is 0 Å². The molecule has 2 nitrogen and oxygen atoms in total. The Hall–Kier alpha value is 0.0600. The van der Waals surface area contributed by atoms with E-state index in [-0.39, 0.29) is 8.69 Å². The highest BCUT2D eigenvalue weighted by molar-refractivity contribution is 7.17. The standard InChI is InChI=1S/C7H15O2P/c1-3-5-7(4-2)6-9-10-8/h7H,3-6H2,1-2H3. The van der Waals surface area contributed by atoms with Crippen LogP contribution in [0.1, 0.15) is 33.1 Å². The smallest absolute Gasteiger partial charge is 0.294 e. The molecule has 0 heterocycles. The fraction of sp³-hybridized carbons (Fsp3) is 1.00. The van der Waals surface area contributed by atoms with Gasteiger partial charge in [0.2, 0.25) is 0 Å². The SMILES string of the molecule is CCCC(CC)COP=O. The minimum absolute atomic E-state index is 0.185. The van der Waals surface area contributed by atoms with Gasteiger partial charge in [0.25, 0.3) is 0 Å². The van der Waals surface area contributed by atoms with Crippen LogP contribution in [0, 0.1) is 5.92 Å². The summed E-state index contributed by atoms with van der Waals surface area (Å²) in [4.78, 5) is 0. The van der Waals surface area contributed by atoms with Crippen LogP contribution in [-0.2, 0) is 9.09 Å². The highest BCUT2D eigenvalue weighted by atomic mass is 31.1. The van der Waals surface area contributed by atoms with Crippen molar-refractivity contribution in [1.82, 2.24) is 0 Å². The summed E-state index contributed by atoms with van der Waals surface area (Å²) in [5.41, 5.74) is 0. The molecule has 0 spiro atoms. The van der Waals surface area contributed by atoms with Crippen LogP contribution in [0.25, 0.3) is 0 Å². The van der Waals surface area contributed by atoms with Gasteiger partial charge >= 0.3 is 8.69 Å². The lowest BCUT2D eigenvalue weighted by molar-refractivity contribution is 0.254. The van der Waals surface area contributed by atoms with Crippen molar-refractivity contribution in [3.8, 4) is 0 Å². The van der Waals surface area contributed by atoms with E-state index in [0.717, 1.165) is 6.42 Å². The molecule has 60 valence electrons. The Labute approximate surface area is 64.2 Å². The molecule has 0 radical (unpaired) electrons. The maximum Gasteiger partial charge on any atom is 0.327 e. The highest BCUT2D eigenvalue weighted by Crippen LogP contribution is 2.12. The van der Waals surface area contributed by atoms with E-state index in [0.29, 0.717) is 12.5 Å². The monoisotopic (exact) mass is 162 g/mol. The normalized spacial score (nSPS) is 13.8. The zero-order valence-electron chi connectivity index (χ0n) is 6.67. The third kappa shape index (κ3) is 4.89. The molecular weight excluding hydrogens is 147 g/mol. The van der Waals surface area contributed by atoms with Gasteiger partial charge in [0.05, 0.1) is 6.61 Å². The van der Waals surface area contributed by atoms with Crippen LogP contribution in [0.5, 0.6) is 0 Å².